The van der Waals surface area contributed by atoms with Gasteiger partial charge in [-0.25, -0.2) is 15.0 Å². The summed E-state index contributed by atoms with van der Waals surface area (Å²) in [5.41, 5.74) is 4.77. The zero-order valence-corrected chi connectivity index (χ0v) is 27.9. The van der Waals surface area contributed by atoms with Crippen LogP contribution < -0.4 is 0 Å². The maximum Gasteiger partial charge on any atom is 0.164 e. The predicted molar refractivity (Wildman–Crippen MR) is 213 cm³/mol. The van der Waals surface area contributed by atoms with Gasteiger partial charge >= 0.3 is 0 Å². The summed E-state index contributed by atoms with van der Waals surface area (Å²) in [5.74, 6) is 0.833. The fourth-order valence-corrected chi connectivity index (χ4v) is 8.67. The monoisotopic (exact) mass is 679 g/mol. The number of aromatic nitrogens is 3. The molecule has 0 bridgehead atoms. The summed E-state index contributed by atoms with van der Waals surface area (Å²) in [6.45, 7) is 0. The third kappa shape index (κ3) is 4.90. The van der Waals surface area contributed by atoms with Gasteiger partial charge in [-0.05, 0) is 46.5 Å². The molecule has 0 radical (unpaired) electrons. The van der Waals surface area contributed by atoms with Gasteiger partial charge in [0.1, 0.15) is 0 Å². The number of hydrogen-bond donors (Lipinski definition) is 0. The quantitative estimate of drug-likeness (QED) is 0.182. The third-order valence-corrected chi connectivity index (χ3v) is 11.0. The van der Waals surface area contributed by atoms with E-state index in [0.717, 1.165) is 53.8 Å². The Hall–Kier alpha value is -6.01. The number of rotatable bonds is 5. The molecule has 0 aliphatic rings. The molecule has 50 heavy (non-hydrogen) atoms. The van der Waals surface area contributed by atoms with Crippen molar-refractivity contribution in [2.24, 2.45) is 0 Å². The molecular weight excluding hydrogens is 647 g/mol. The lowest BCUT2D eigenvalue weighted by atomic mass is 9.99. The van der Waals surface area contributed by atoms with Gasteiger partial charge in [-0.2, -0.15) is 0 Å². The van der Waals surface area contributed by atoms with Crippen molar-refractivity contribution in [3.63, 3.8) is 0 Å². The van der Waals surface area contributed by atoms with Crippen LogP contribution in [-0.2, 0) is 0 Å². The molecule has 10 rings (SSSR count). The van der Waals surface area contributed by atoms with Crippen molar-refractivity contribution in [2.45, 2.75) is 0 Å². The molecule has 3 heterocycles. The molecule has 5 heteroatoms. The Morgan fingerprint density at radius 1 is 0.380 bits per heavy atom. The highest BCUT2D eigenvalue weighted by Gasteiger charge is 2.18. The van der Waals surface area contributed by atoms with Crippen LogP contribution in [0.25, 0.3) is 96.8 Å². The molecule has 0 unspecified atom stereocenters. The van der Waals surface area contributed by atoms with Crippen LogP contribution in [0.2, 0.25) is 0 Å². The average Bonchev–Trinajstić information content (AvgIpc) is 3.83. The minimum Gasteiger partial charge on any atom is -0.208 e. The largest absolute Gasteiger partial charge is 0.208 e. The topological polar surface area (TPSA) is 38.7 Å². The molecule has 0 N–H and O–H groups in total. The molecule has 7 aromatic carbocycles. The van der Waals surface area contributed by atoms with Crippen molar-refractivity contribution in [3.05, 3.63) is 164 Å². The second-order valence-electron chi connectivity index (χ2n) is 11.9. The summed E-state index contributed by atoms with van der Waals surface area (Å²) >= 11 is 2.82. The normalized spacial score (nSPS) is 13.3. The summed E-state index contributed by atoms with van der Waals surface area (Å²) in [5, 5.41) is 2.82. The molecule has 0 aliphatic carbocycles. The molecule has 0 saturated carbocycles. The van der Waals surface area contributed by atoms with Gasteiger partial charge in [-0.3, -0.25) is 0 Å². The molecule has 0 saturated heterocycles. The van der Waals surface area contributed by atoms with Gasteiger partial charge in [0, 0.05) is 57.0 Å². The highest BCUT2D eigenvalue weighted by molar-refractivity contribution is 7.26. The Morgan fingerprint density at radius 2 is 1.00 bits per heavy atom. The molecule has 0 fully saturated rings. The van der Waals surface area contributed by atoms with Crippen LogP contribution in [0.1, 0.15) is 8.22 Å². The number of hydrogen-bond acceptors (Lipinski definition) is 5. The summed E-state index contributed by atoms with van der Waals surface area (Å²) in [6, 6.07) is 40.5. The van der Waals surface area contributed by atoms with Crippen LogP contribution >= 0.6 is 22.7 Å². The third-order valence-electron chi connectivity index (χ3n) is 8.89. The lowest BCUT2D eigenvalue weighted by Gasteiger charge is -2.10. The van der Waals surface area contributed by atoms with Crippen LogP contribution in [0, 0.1) is 0 Å². The maximum atomic E-state index is 9.64. The van der Waals surface area contributed by atoms with Crippen molar-refractivity contribution in [1.29, 1.82) is 0 Å². The van der Waals surface area contributed by atoms with Crippen molar-refractivity contribution < 1.29 is 8.22 Å². The Morgan fingerprint density at radius 3 is 1.82 bits per heavy atom. The first kappa shape index (κ1) is 23.4. The van der Waals surface area contributed by atoms with Crippen molar-refractivity contribution in [2.75, 3.05) is 0 Å². The Bertz CT molecular complexity index is 3200. The Balaban J connectivity index is 1.25. The summed E-state index contributed by atoms with van der Waals surface area (Å²) in [6.07, 6.45) is 0. The standard InChI is InChI=1S/C45H27N3S2/c1-3-11-28(12-4-1)29-21-23-31(24-22-29)43-46-44(48-45(47-43)36-17-10-20-39-42(36)34-15-7-8-18-37(34)49-39)32-25-26-35-40(27-32)50-38-19-9-16-33(41(35)38)30-13-5-2-6-14-30/h1-27H/i9D,16D,19D,25D,26D,27D. The van der Waals surface area contributed by atoms with E-state index >= 15 is 0 Å². The van der Waals surface area contributed by atoms with Gasteiger partial charge in [0.05, 0.1) is 8.22 Å². The molecule has 0 amide bonds. The van der Waals surface area contributed by atoms with Crippen LogP contribution in [0.15, 0.2) is 164 Å². The fourth-order valence-electron chi connectivity index (χ4n) is 6.52. The van der Waals surface area contributed by atoms with Crippen molar-refractivity contribution in [1.82, 2.24) is 15.0 Å². The molecular formula is C45H27N3S2. The van der Waals surface area contributed by atoms with E-state index in [9.17, 15) is 4.11 Å². The lowest BCUT2D eigenvalue weighted by Crippen LogP contribution is -2.00. The van der Waals surface area contributed by atoms with Gasteiger partial charge in [0.2, 0.25) is 0 Å². The van der Waals surface area contributed by atoms with Crippen LogP contribution in [0.3, 0.4) is 0 Å². The Labute approximate surface area is 305 Å². The molecule has 0 atom stereocenters. The van der Waals surface area contributed by atoms with Crippen LogP contribution in [0.5, 0.6) is 0 Å². The minimum absolute atomic E-state index is 0.0552. The first-order valence-electron chi connectivity index (χ1n) is 19.1. The molecule has 3 aromatic heterocycles. The summed E-state index contributed by atoms with van der Waals surface area (Å²) < 4.78 is 57.9. The smallest absolute Gasteiger partial charge is 0.164 e. The number of fused-ring (bicyclic) bond motifs is 6. The van der Waals surface area contributed by atoms with Crippen LogP contribution in [0.4, 0.5) is 0 Å². The van der Waals surface area contributed by atoms with Crippen LogP contribution in [-0.4, -0.2) is 15.0 Å². The molecule has 0 spiro atoms. The molecule has 0 aliphatic heterocycles. The molecule has 10 aromatic rings. The Kier molecular flexibility index (Phi) is 5.54. The predicted octanol–water partition coefficient (Wildman–Crippen LogP) is 12.9. The van der Waals surface area contributed by atoms with Gasteiger partial charge in [-0.1, -0.05) is 139 Å². The van der Waals surface area contributed by atoms with Crippen molar-refractivity contribution in [3.8, 4) is 56.4 Å². The zero-order valence-electron chi connectivity index (χ0n) is 32.3. The van der Waals surface area contributed by atoms with E-state index in [1.165, 1.54) is 0 Å². The molecule has 3 nitrogen and oxygen atoms in total. The van der Waals surface area contributed by atoms with Gasteiger partial charge < -0.3 is 0 Å². The van der Waals surface area contributed by atoms with Gasteiger partial charge in [0.25, 0.3) is 0 Å². The second kappa shape index (κ2) is 11.8. The van der Waals surface area contributed by atoms with Gasteiger partial charge in [-0.15, -0.1) is 22.7 Å². The zero-order chi connectivity index (χ0) is 38.2. The number of benzene rings is 7. The van der Waals surface area contributed by atoms with E-state index in [-0.39, 0.29) is 47.6 Å². The van der Waals surface area contributed by atoms with E-state index < -0.39 is 0 Å². The maximum absolute atomic E-state index is 9.64. The highest BCUT2D eigenvalue weighted by atomic mass is 32.1. The van der Waals surface area contributed by atoms with E-state index in [1.54, 1.807) is 11.3 Å². The van der Waals surface area contributed by atoms with Crippen molar-refractivity contribution >= 4 is 63.0 Å². The SMILES string of the molecule is [2H]c1c([2H])c(-c2ccccc2)c2c(sc3c([2H])c(-c4nc(-c5ccc(-c6ccccc6)cc5)nc(-c5cccc6sc7ccccc7c56)n4)c([2H])c([2H])c32)c1[2H]. The second-order valence-corrected chi connectivity index (χ2v) is 14.0. The lowest BCUT2D eigenvalue weighted by molar-refractivity contribution is 1.08. The average molecular weight is 680 g/mol. The van der Waals surface area contributed by atoms with E-state index in [2.05, 4.69) is 30.3 Å². The van der Waals surface area contributed by atoms with Gasteiger partial charge in [0.15, 0.2) is 17.5 Å². The van der Waals surface area contributed by atoms with E-state index in [1.807, 2.05) is 97.1 Å². The molecule has 234 valence electrons. The first-order chi connectivity index (χ1) is 27.3. The summed E-state index contributed by atoms with van der Waals surface area (Å²) in [4.78, 5) is 15.0. The number of thiophene rings is 2. The summed E-state index contributed by atoms with van der Waals surface area (Å²) in [7, 11) is 0. The number of nitrogens with zero attached hydrogens (tertiary/aromatic N) is 3. The van der Waals surface area contributed by atoms with E-state index in [0.29, 0.717) is 42.9 Å². The minimum atomic E-state index is -0.240. The highest BCUT2D eigenvalue weighted by Crippen LogP contribution is 2.42. The fraction of sp³-hybridized carbons (Fsp3) is 0. The van der Waals surface area contributed by atoms with E-state index in [4.69, 9.17) is 19.1 Å². The first-order valence-corrected chi connectivity index (χ1v) is 17.8.